The zero-order chi connectivity index (χ0) is 11.0. The van der Waals surface area contributed by atoms with Crippen LogP contribution in [0.2, 0.25) is 0 Å². The van der Waals surface area contributed by atoms with Gasteiger partial charge < -0.3 is 2.85 Å². The van der Waals surface area contributed by atoms with Crippen LogP contribution in [-0.2, 0) is 20.2 Å². The Bertz CT molecular complexity index is 510. The van der Waals surface area contributed by atoms with Crippen molar-refractivity contribution < 1.29 is 87.9 Å². The smallest absolute Gasteiger partial charge is 1.00 e. The molecule has 10 heteroatoms. The van der Waals surface area contributed by atoms with E-state index < -0.39 is 30.0 Å². The van der Waals surface area contributed by atoms with Crippen LogP contribution in [0, 0.1) is 0 Å². The second kappa shape index (κ2) is 7.03. The summed E-state index contributed by atoms with van der Waals surface area (Å²) in [6.07, 6.45) is 2.09. The predicted molar refractivity (Wildman–Crippen MR) is 50.7 cm³/mol. The van der Waals surface area contributed by atoms with Crippen LogP contribution in [0.3, 0.4) is 0 Å². The molecule has 0 unspecified atom stereocenters. The molecule has 0 aromatic carbocycles. The van der Waals surface area contributed by atoms with Crippen LogP contribution in [0.1, 0.15) is 15.7 Å². The fourth-order valence-electron chi connectivity index (χ4n) is 1.03. The monoisotopic (exact) mass is 288 g/mol. The second-order valence-corrected chi connectivity index (χ2v) is 5.60. The molecule has 2 N–H and O–H groups in total. The first-order valence-corrected chi connectivity index (χ1v) is 6.45. The molecule has 0 aromatic heterocycles. The summed E-state index contributed by atoms with van der Waals surface area (Å²) in [5.41, 5.74) is 0. The van der Waals surface area contributed by atoms with Crippen molar-refractivity contribution in [1.82, 2.24) is 0 Å². The van der Waals surface area contributed by atoms with Gasteiger partial charge in [-0.05, 0) is 18.9 Å². The first kappa shape index (κ1) is 19.6. The number of allylic oxidation sites excluding steroid dienone is 3. The Morgan fingerprint density at radius 3 is 1.94 bits per heavy atom. The molecule has 0 spiro atoms. The number of rotatable bonds is 2. The van der Waals surface area contributed by atoms with Gasteiger partial charge in [0, 0.05) is 0 Å². The maximum Gasteiger partial charge on any atom is 1.00 e. The minimum Gasteiger partial charge on any atom is -1.00 e. The first-order valence-electron chi connectivity index (χ1n) is 3.57. The summed E-state index contributed by atoms with van der Waals surface area (Å²) in [4.78, 5) is -0.913. The number of hydrogen-bond acceptors (Lipinski definition) is 4. The molecule has 1 aliphatic carbocycles. The summed E-state index contributed by atoms with van der Waals surface area (Å²) >= 11 is 0. The molecule has 6 nitrogen and oxygen atoms in total. The molecule has 0 amide bonds. The fraction of sp³-hybridized carbons (Fsp3) is 0.333. The van der Waals surface area contributed by atoms with Gasteiger partial charge in [-0.2, -0.15) is 16.8 Å². The molecule has 0 aromatic rings. The molecule has 0 radical (unpaired) electrons. The van der Waals surface area contributed by atoms with Gasteiger partial charge >= 0.3 is 59.1 Å². The average molecular weight is 288 g/mol. The molecular formula is C6H10Na2O6S2. The summed E-state index contributed by atoms with van der Waals surface area (Å²) in [6, 6.07) is 0. The Kier molecular flexibility index (Phi) is 8.63. The molecule has 84 valence electrons. The first-order chi connectivity index (χ1) is 6.21. The van der Waals surface area contributed by atoms with Crippen molar-refractivity contribution in [2.75, 3.05) is 0 Å². The normalized spacial score (nSPS) is 16.4. The third-order valence-corrected chi connectivity index (χ3v) is 3.53. The Hall–Kier alpha value is 1.30. The van der Waals surface area contributed by atoms with E-state index in [0.29, 0.717) is 0 Å². The van der Waals surface area contributed by atoms with Gasteiger partial charge in [0.25, 0.3) is 20.2 Å². The van der Waals surface area contributed by atoms with Gasteiger partial charge in [-0.25, -0.2) is 0 Å². The van der Waals surface area contributed by atoms with E-state index in [0.717, 1.165) is 6.08 Å². The van der Waals surface area contributed by atoms with Crippen LogP contribution in [0.25, 0.3) is 0 Å². The summed E-state index contributed by atoms with van der Waals surface area (Å²) in [5, 5.41) is 0. The molecule has 1 rings (SSSR count). The van der Waals surface area contributed by atoms with Crippen LogP contribution in [0.4, 0.5) is 0 Å². The molecule has 0 atom stereocenters. The second-order valence-electron chi connectivity index (χ2n) is 2.71. The minimum atomic E-state index is -4.41. The molecule has 0 fully saturated rings. The summed E-state index contributed by atoms with van der Waals surface area (Å²) in [5.74, 6) is 0. The van der Waals surface area contributed by atoms with Crippen molar-refractivity contribution in [2.24, 2.45) is 0 Å². The van der Waals surface area contributed by atoms with Crippen LogP contribution in [-0.4, -0.2) is 25.9 Å². The Morgan fingerprint density at radius 2 is 1.56 bits per heavy atom. The Labute approximate surface area is 141 Å². The van der Waals surface area contributed by atoms with E-state index in [1.165, 1.54) is 6.08 Å². The zero-order valence-electron chi connectivity index (χ0n) is 10.9. The molecule has 0 bridgehead atoms. The molecule has 0 saturated heterocycles. The summed E-state index contributed by atoms with van der Waals surface area (Å²) in [7, 11) is -8.78. The van der Waals surface area contributed by atoms with E-state index >= 15 is 0 Å². The maximum absolute atomic E-state index is 10.6. The molecule has 1 aliphatic rings. The van der Waals surface area contributed by atoms with E-state index in [4.69, 9.17) is 9.11 Å². The van der Waals surface area contributed by atoms with Crippen molar-refractivity contribution in [2.45, 2.75) is 12.8 Å². The standard InChI is InChI=1S/C6H8O6S2.2Na.2H/c7-13(8,9)5-2-1-3-6(4-5)14(10,11)12;;;;/h2,4H,1,3H2,(H,7,8,9)(H,10,11,12);;;;/q;2*+1;2*-1. The SMILES string of the molecule is O=S(=O)(O)C1=CCCC(S(=O)(=O)O)=C1.[H-].[H-].[Na+].[Na+]. The van der Waals surface area contributed by atoms with Crippen molar-refractivity contribution in [3.63, 3.8) is 0 Å². The van der Waals surface area contributed by atoms with Crippen molar-refractivity contribution in [3.8, 4) is 0 Å². The predicted octanol–water partition coefficient (Wildman–Crippen LogP) is -5.44. The van der Waals surface area contributed by atoms with Crippen molar-refractivity contribution in [1.29, 1.82) is 0 Å². The van der Waals surface area contributed by atoms with Gasteiger partial charge in [-0.3, -0.25) is 9.11 Å². The third-order valence-electron chi connectivity index (χ3n) is 1.67. The number of hydrogen-bond donors (Lipinski definition) is 2. The van der Waals surface area contributed by atoms with Gasteiger partial charge in [0.05, 0.1) is 9.81 Å². The van der Waals surface area contributed by atoms with E-state index in [1.54, 1.807) is 0 Å². The van der Waals surface area contributed by atoms with Crippen molar-refractivity contribution >= 4 is 20.2 Å². The van der Waals surface area contributed by atoms with Gasteiger partial charge in [0.2, 0.25) is 0 Å². The molecule has 0 aliphatic heterocycles. The van der Waals surface area contributed by atoms with E-state index in [1.807, 2.05) is 0 Å². The minimum absolute atomic E-state index is 0. The average Bonchev–Trinajstić information content (AvgIpc) is 2.01. The van der Waals surface area contributed by atoms with Crippen LogP contribution in [0.5, 0.6) is 0 Å². The maximum atomic E-state index is 10.6. The summed E-state index contributed by atoms with van der Waals surface area (Å²) < 4.78 is 59.8. The third kappa shape index (κ3) is 5.76. The van der Waals surface area contributed by atoms with Gasteiger partial charge in [-0.1, -0.05) is 6.08 Å². The molecule has 16 heavy (non-hydrogen) atoms. The quantitative estimate of drug-likeness (QED) is 0.388. The van der Waals surface area contributed by atoms with E-state index in [-0.39, 0.29) is 74.8 Å². The topological polar surface area (TPSA) is 109 Å². The zero-order valence-corrected chi connectivity index (χ0v) is 14.5. The van der Waals surface area contributed by atoms with Crippen molar-refractivity contribution in [3.05, 3.63) is 22.0 Å². The molecule has 0 heterocycles. The Morgan fingerprint density at radius 1 is 1.06 bits per heavy atom. The van der Waals surface area contributed by atoms with Gasteiger partial charge in [-0.15, -0.1) is 0 Å². The van der Waals surface area contributed by atoms with Gasteiger partial charge in [0.1, 0.15) is 0 Å². The Balaban J connectivity index is -0.000000245. The molecule has 0 saturated carbocycles. The summed E-state index contributed by atoms with van der Waals surface area (Å²) in [6.45, 7) is 0. The largest absolute Gasteiger partial charge is 1.00 e. The van der Waals surface area contributed by atoms with Crippen LogP contribution < -0.4 is 59.1 Å². The van der Waals surface area contributed by atoms with E-state index in [2.05, 4.69) is 0 Å². The van der Waals surface area contributed by atoms with Crippen LogP contribution in [0.15, 0.2) is 22.0 Å². The van der Waals surface area contributed by atoms with Gasteiger partial charge in [0.15, 0.2) is 0 Å². The fourth-order valence-corrected chi connectivity index (χ4v) is 2.38. The van der Waals surface area contributed by atoms with Crippen LogP contribution >= 0.6 is 0 Å². The van der Waals surface area contributed by atoms with E-state index in [9.17, 15) is 16.8 Å². The molecular weight excluding hydrogens is 278 g/mol.